The third-order valence-corrected chi connectivity index (χ3v) is 2.51. The second-order valence-corrected chi connectivity index (χ2v) is 3.77. The zero-order chi connectivity index (χ0) is 10.4. The Kier molecular flexibility index (Phi) is 4.57. The monoisotopic (exact) mass is 195 g/mol. The zero-order valence-corrected chi connectivity index (χ0v) is 9.52. The summed E-state index contributed by atoms with van der Waals surface area (Å²) in [5.41, 5.74) is 2.66. The minimum atomic E-state index is 0.820. The summed E-state index contributed by atoms with van der Waals surface area (Å²) in [5, 5.41) is 3.22. The van der Waals surface area contributed by atoms with Crippen LogP contribution < -0.4 is 5.32 Å². The van der Waals surface area contributed by atoms with Gasteiger partial charge in [0.2, 0.25) is 0 Å². The predicted octanol–water partition coefficient (Wildman–Crippen LogP) is 2.97. The number of ether oxygens (including phenoxy) is 1. The molecule has 2 nitrogen and oxygen atoms in total. The van der Waals surface area contributed by atoms with E-state index < -0.39 is 0 Å². The lowest BCUT2D eigenvalue weighted by Crippen LogP contribution is -2.05. The van der Waals surface area contributed by atoms with Gasteiger partial charge in [0.05, 0.1) is 6.61 Å². The second kappa shape index (κ2) is 5.74. The topological polar surface area (TPSA) is 21.3 Å². The molecule has 0 atom stereocenters. The van der Waals surface area contributed by atoms with Gasteiger partial charge in [-0.25, -0.2) is 0 Å². The van der Waals surface area contributed by atoms with Crippen molar-refractivity contribution in [1.82, 2.24) is 5.32 Å². The van der Waals surface area contributed by atoms with Crippen molar-refractivity contribution in [2.75, 3.05) is 13.7 Å². The fourth-order valence-electron chi connectivity index (χ4n) is 1.59. The molecule has 0 saturated heterocycles. The summed E-state index contributed by atoms with van der Waals surface area (Å²) < 4.78 is 5.72. The summed E-state index contributed by atoms with van der Waals surface area (Å²) in [4.78, 5) is 0. The summed E-state index contributed by atoms with van der Waals surface area (Å²) in [5.74, 6) is 1.08. The maximum atomic E-state index is 5.72. The van der Waals surface area contributed by atoms with Gasteiger partial charge in [-0.05, 0) is 44.3 Å². The number of allylic oxidation sites excluding steroid dienone is 3. The molecule has 0 fully saturated rings. The van der Waals surface area contributed by atoms with Crippen LogP contribution in [0.2, 0.25) is 0 Å². The average molecular weight is 195 g/mol. The molecule has 0 heterocycles. The van der Waals surface area contributed by atoms with Crippen LogP contribution in [-0.2, 0) is 4.74 Å². The van der Waals surface area contributed by atoms with Gasteiger partial charge < -0.3 is 10.1 Å². The third kappa shape index (κ3) is 3.09. The van der Waals surface area contributed by atoms with Crippen LogP contribution in [0.15, 0.2) is 23.1 Å². The van der Waals surface area contributed by atoms with Crippen LogP contribution in [0.5, 0.6) is 0 Å². The molecule has 0 aromatic carbocycles. The molecule has 0 aromatic heterocycles. The molecule has 0 radical (unpaired) electrons. The normalized spacial score (nSPS) is 17.5. The summed E-state index contributed by atoms with van der Waals surface area (Å²) >= 11 is 0. The molecule has 0 unspecified atom stereocenters. The van der Waals surface area contributed by atoms with E-state index in [1.54, 1.807) is 0 Å². The molecule has 80 valence electrons. The van der Waals surface area contributed by atoms with Crippen LogP contribution in [0.4, 0.5) is 0 Å². The van der Waals surface area contributed by atoms with E-state index in [1.807, 2.05) is 7.05 Å². The van der Waals surface area contributed by atoms with Gasteiger partial charge in [0.25, 0.3) is 0 Å². The summed E-state index contributed by atoms with van der Waals surface area (Å²) in [7, 11) is 1.98. The molecule has 1 aliphatic carbocycles. The smallest absolute Gasteiger partial charge is 0.119 e. The number of hydrogen-bond donors (Lipinski definition) is 1. The Hall–Kier alpha value is -0.920. The van der Waals surface area contributed by atoms with Crippen molar-refractivity contribution >= 4 is 0 Å². The maximum Gasteiger partial charge on any atom is 0.119 e. The van der Waals surface area contributed by atoms with Crippen LogP contribution in [0, 0.1) is 0 Å². The Bertz CT molecular complexity index is 241. The van der Waals surface area contributed by atoms with Gasteiger partial charge in [-0.3, -0.25) is 0 Å². The van der Waals surface area contributed by atoms with Gasteiger partial charge in [-0.2, -0.15) is 0 Å². The van der Waals surface area contributed by atoms with E-state index in [0.717, 1.165) is 31.6 Å². The molecule has 1 rings (SSSR count). The van der Waals surface area contributed by atoms with Crippen molar-refractivity contribution in [3.8, 4) is 0 Å². The van der Waals surface area contributed by atoms with Crippen molar-refractivity contribution in [2.45, 2.75) is 39.5 Å². The third-order valence-electron chi connectivity index (χ3n) is 2.51. The highest BCUT2D eigenvalue weighted by molar-refractivity contribution is 5.25. The van der Waals surface area contributed by atoms with E-state index >= 15 is 0 Å². The fraction of sp³-hybridized carbons (Fsp3) is 0.667. The van der Waals surface area contributed by atoms with Crippen molar-refractivity contribution in [1.29, 1.82) is 0 Å². The molecule has 2 heteroatoms. The molecule has 0 spiro atoms. The second-order valence-electron chi connectivity index (χ2n) is 3.77. The van der Waals surface area contributed by atoms with E-state index in [9.17, 15) is 0 Å². The predicted molar refractivity (Wildman–Crippen MR) is 59.9 cm³/mol. The first-order chi connectivity index (χ1) is 6.77. The van der Waals surface area contributed by atoms with Gasteiger partial charge in [-0.15, -0.1) is 0 Å². The molecule has 14 heavy (non-hydrogen) atoms. The van der Waals surface area contributed by atoms with E-state index in [2.05, 4.69) is 25.2 Å². The van der Waals surface area contributed by atoms with Crippen molar-refractivity contribution in [3.05, 3.63) is 23.1 Å². The van der Waals surface area contributed by atoms with E-state index in [-0.39, 0.29) is 0 Å². The minimum absolute atomic E-state index is 0.820. The molecule has 1 N–H and O–H groups in total. The number of hydrogen-bond acceptors (Lipinski definition) is 2. The molecule has 0 aromatic rings. The van der Waals surface area contributed by atoms with Crippen molar-refractivity contribution in [2.24, 2.45) is 0 Å². The summed E-state index contributed by atoms with van der Waals surface area (Å²) in [6.45, 7) is 5.12. The highest BCUT2D eigenvalue weighted by atomic mass is 16.5. The Morgan fingerprint density at radius 2 is 2.21 bits per heavy atom. The van der Waals surface area contributed by atoms with Gasteiger partial charge in [-0.1, -0.05) is 6.92 Å². The van der Waals surface area contributed by atoms with E-state index in [4.69, 9.17) is 4.74 Å². The molecule has 0 saturated carbocycles. The van der Waals surface area contributed by atoms with Crippen molar-refractivity contribution < 1.29 is 4.74 Å². The SMILES string of the molecule is CCCOC1=C(C)CCCC(NC)=C1. The van der Waals surface area contributed by atoms with Crippen LogP contribution in [0.1, 0.15) is 39.5 Å². The quantitative estimate of drug-likeness (QED) is 0.744. The Morgan fingerprint density at radius 3 is 2.86 bits per heavy atom. The first kappa shape index (κ1) is 11.2. The maximum absolute atomic E-state index is 5.72. The van der Waals surface area contributed by atoms with Crippen molar-refractivity contribution in [3.63, 3.8) is 0 Å². The molecule has 0 bridgehead atoms. The number of nitrogens with one attached hydrogen (secondary N) is 1. The lowest BCUT2D eigenvalue weighted by Gasteiger charge is -2.09. The Balaban J connectivity index is 2.71. The fourth-order valence-corrected chi connectivity index (χ4v) is 1.59. The highest BCUT2D eigenvalue weighted by Gasteiger charge is 2.08. The summed E-state index contributed by atoms with van der Waals surface area (Å²) in [6, 6.07) is 0. The molecule has 0 aliphatic heterocycles. The molecule has 1 aliphatic rings. The van der Waals surface area contributed by atoms with E-state index in [1.165, 1.54) is 17.7 Å². The summed E-state index contributed by atoms with van der Waals surface area (Å²) in [6.07, 6.45) is 6.72. The van der Waals surface area contributed by atoms with Crippen LogP contribution in [-0.4, -0.2) is 13.7 Å². The molecular formula is C12H21NO. The minimum Gasteiger partial charge on any atom is -0.494 e. The lowest BCUT2D eigenvalue weighted by atomic mass is 10.1. The molecule has 0 amide bonds. The van der Waals surface area contributed by atoms with Gasteiger partial charge in [0.15, 0.2) is 0 Å². The van der Waals surface area contributed by atoms with Crippen LogP contribution in [0.25, 0.3) is 0 Å². The van der Waals surface area contributed by atoms with Gasteiger partial charge in [0.1, 0.15) is 5.76 Å². The lowest BCUT2D eigenvalue weighted by molar-refractivity contribution is 0.220. The standard InChI is InChI=1S/C12H21NO/c1-4-8-14-12-9-11(13-3)7-5-6-10(12)2/h9,13H,4-8H2,1-3H3. The average Bonchev–Trinajstić information content (AvgIpc) is 2.37. The Morgan fingerprint density at radius 1 is 1.43 bits per heavy atom. The van der Waals surface area contributed by atoms with Crippen LogP contribution in [0.3, 0.4) is 0 Å². The van der Waals surface area contributed by atoms with Gasteiger partial charge in [0, 0.05) is 12.7 Å². The number of rotatable bonds is 4. The molecular weight excluding hydrogens is 174 g/mol. The van der Waals surface area contributed by atoms with Crippen LogP contribution >= 0.6 is 0 Å². The Labute approximate surface area is 87.0 Å². The highest BCUT2D eigenvalue weighted by Crippen LogP contribution is 2.22. The van der Waals surface area contributed by atoms with E-state index in [0.29, 0.717) is 0 Å². The first-order valence-electron chi connectivity index (χ1n) is 5.48. The zero-order valence-electron chi connectivity index (χ0n) is 9.52. The largest absolute Gasteiger partial charge is 0.494 e. The van der Waals surface area contributed by atoms with Gasteiger partial charge >= 0.3 is 0 Å². The first-order valence-corrected chi connectivity index (χ1v) is 5.48.